The lowest BCUT2D eigenvalue weighted by molar-refractivity contribution is -0.148. The number of hydrazine groups is 1. The molecule has 0 aromatic rings. The number of hydrogen-bond donors (Lipinski definition) is 1. The van der Waals surface area contributed by atoms with Crippen molar-refractivity contribution in [3.05, 3.63) is 0 Å². The molecule has 2 atom stereocenters. The molecule has 1 aliphatic heterocycles. The van der Waals surface area contributed by atoms with E-state index in [-0.39, 0.29) is 12.0 Å². The molecule has 4 nitrogen and oxygen atoms in total. The fraction of sp³-hybridized carbons (Fsp3) is 0.875. The first-order chi connectivity index (χ1) is 5.65. The van der Waals surface area contributed by atoms with Crippen LogP contribution in [-0.4, -0.2) is 36.7 Å². The number of likely N-dealkylation sites (N-methyl/N-ethyl adjacent to an activating group) is 1. The van der Waals surface area contributed by atoms with Crippen molar-refractivity contribution in [2.24, 2.45) is 0 Å². The lowest BCUT2D eigenvalue weighted by Crippen LogP contribution is -2.39. The molecule has 12 heavy (non-hydrogen) atoms. The standard InChI is InChI=1S/C8H16N2O2/c1-4-12-8(11)7-5-6(2)9-10(7)3/h6-7,9H,4-5H2,1-3H3. The number of hydrogen-bond acceptors (Lipinski definition) is 4. The van der Waals surface area contributed by atoms with Crippen LogP contribution in [-0.2, 0) is 9.53 Å². The second-order valence-corrected chi connectivity index (χ2v) is 3.14. The van der Waals surface area contributed by atoms with Crippen LogP contribution in [0.25, 0.3) is 0 Å². The average molecular weight is 172 g/mol. The minimum absolute atomic E-state index is 0.111. The molecule has 4 heteroatoms. The van der Waals surface area contributed by atoms with E-state index in [1.807, 2.05) is 19.0 Å². The van der Waals surface area contributed by atoms with Crippen LogP contribution in [0.5, 0.6) is 0 Å². The van der Waals surface area contributed by atoms with Gasteiger partial charge in [0.15, 0.2) is 0 Å². The van der Waals surface area contributed by atoms with Gasteiger partial charge in [-0.2, -0.15) is 0 Å². The lowest BCUT2D eigenvalue weighted by atomic mass is 10.1. The molecule has 1 aliphatic rings. The Labute approximate surface area is 72.8 Å². The van der Waals surface area contributed by atoms with Gasteiger partial charge in [0.25, 0.3) is 0 Å². The fourth-order valence-electron chi connectivity index (χ4n) is 1.48. The first-order valence-corrected chi connectivity index (χ1v) is 4.30. The van der Waals surface area contributed by atoms with Crippen LogP contribution in [0.1, 0.15) is 20.3 Å². The number of rotatable bonds is 2. The summed E-state index contributed by atoms with van der Waals surface area (Å²) in [6.45, 7) is 4.33. The van der Waals surface area contributed by atoms with E-state index in [1.165, 1.54) is 0 Å². The maximum absolute atomic E-state index is 11.3. The van der Waals surface area contributed by atoms with Crippen molar-refractivity contribution in [1.82, 2.24) is 10.4 Å². The second kappa shape index (κ2) is 3.87. The van der Waals surface area contributed by atoms with E-state index in [9.17, 15) is 4.79 Å². The van der Waals surface area contributed by atoms with Gasteiger partial charge in [-0.3, -0.25) is 10.2 Å². The number of carbonyl (C=O) groups is 1. The van der Waals surface area contributed by atoms with Gasteiger partial charge in [-0.15, -0.1) is 0 Å². The summed E-state index contributed by atoms with van der Waals surface area (Å²) in [5, 5.41) is 1.82. The van der Waals surface area contributed by atoms with Crippen LogP contribution < -0.4 is 5.43 Å². The Balaban J connectivity index is 2.46. The van der Waals surface area contributed by atoms with Crippen LogP contribution in [0, 0.1) is 0 Å². The average Bonchev–Trinajstić information content (AvgIpc) is 2.30. The Kier molecular flexibility index (Phi) is 3.05. The quantitative estimate of drug-likeness (QED) is 0.602. The van der Waals surface area contributed by atoms with Gasteiger partial charge < -0.3 is 4.74 Å². The topological polar surface area (TPSA) is 41.6 Å². The summed E-state index contributed by atoms with van der Waals surface area (Å²) in [6.07, 6.45) is 0.829. The van der Waals surface area contributed by atoms with Crippen LogP contribution in [0.2, 0.25) is 0 Å². The molecule has 0 spiro atoms. The minimum atomic E-state index is -0.128. The molecule has 0 radical (unpaired) electrons. The van der Waals surface area contributed by atoms with Crippen molar-refractivity contribution < 1.29 is 9.53 Å². The van der Waals surface area contributed by atoms with E-state index in [0.717, 1.165) is 6.42 Å². The Bertz CT molecular complexity index is 172. The second-order valence-electron chi connectivity index (χ2n) is 3.14. The van der Waals surface area contributed by atoms with E-state index in [1.54, 1.807) is 0 Å². The molecule has 1 heterocycles. The van der Waals surface area contributed by atoms with E-state index < -0.39 is 0 Å². The number of esters is 1. The molecular weight excluding hydrogens is 156 g/mol. The van der Waals surface area contributed by atoms with Crippen molar-refractivity contribution in [2.75, 3.05) is 13.7 Å². The van der Waals surface area contributed by atoms with Crippen LogP contribution >= 0.6 is 0 Å². The first-order valence-electron chi connectivity index (χ1n) is 4.30. The highest BCUT2D eigenvalue weighted by atomic mass is 16.5. The third kappa shape index (κ3) is 1.95. The Morgan fingerprint density at radius 3 is 2.83 bits per heavy atom. The third-order valence-corrected chi connectivity index (χ3v) is 2.03. The zero-order valence-electron chi connectivity index (χ0n) is 7.83. The van der Waals surface area contributed by atoms with Crippen molar-refractivity contribution in [3.8, 4) is 0 Å². The SMILES string of the molecule is CCOC(=O)C1CC(C)NN1C. The monoisotopic (exact) mass is 172 g/mol. The molecule has 0 amide bonds. The lowest BCUT2D eigenvalue weighted by Gasteiger charge is -2.16. The zero-order valence-corrected chi connectivity index (χ0v) is 7.83. The van der Waals surface area contributed by atoms with E-state index in [0.29, 0.717) is 12.6 Å². The van der Waals surface area contributed by atoms with Gasteiger partial charge in [-0.1, -0.05) is 0 Å². The number of ether oxygens (including phenoxy) is 1. The van der Waals surface area contributed by atoms with Gasteiger partial charge in [-0.25, -0.2) is 5.01 Å². The molecule has 2 unspecified atom stereocenters. The molecule has 70 valence electrons. The summed E-state index contributed by atoms with van der Waals surface area (Å²) in [6, 6.07) is 0.254. The van der Waals surface area contributed by atoms with E-state index >= 15 is 0 Å². The third-order valence-electron chi connectivity index (χ3n) is 2.03. The normalized spacial score (nSPS) is 30.6. The molecule has 1 rings (SSSR count). The Morgan fingerprint density at radius 2 is 2.42 bits per heavy atom. The number of nitrogens with zero attached hydrogens (tertiary/aromatic N) is 1. The largest absolute Gasteiger partial charge is 0.465 e. The van der Waals surface area contributed by atoms with Crippen molar-refractivity contribution in [2.45, 2.75) is 32.4 Å². The summed E-state index contributed by atoms with van der Waals surface area (Å²) in [4.78, 5) is 11.3. The van der Waals surface area contributed by atoms with Gasteiger partial charge in [0, 0.05) is 13.1 Å². The highest BCUT2D eigenvalue weighted by molar-refractivity contribution is 5.76. The Morgan fingerprint density at radius 1 is 1.75 bits per heavy atom. The van der Waals surface area contributed by atoms with Crippen molar-refractivity contribution in [1.29, 1.82) is 0 Å². The van der Waals surface area contributed by atoms with Gasteiger partial charge in [0.2, 0.25) is 0 Å². The highest BCUT2D eigenvalue weighted by Crippen LogP contribution is 2.13. The minimum Gasteiger partial charge on any atom is -0.465 e. The highest BCUT2D eigenvalue weighted by Gasteiger charge is 2.32. The van der Waals surface area contributed by atoms with Crippen LogP contribution in [0.3, 0.4) is 0 Å². The van der Waals surface area contributed by atoms with Gasteiger partial charge in [0.05, 0.1) is 6.61 Å². The number of carbonyl (C=O) groups excluding carboxylic acids is 1. The molecule has 0 bridgehead atoms. The van der Waals surface area contributed by atoms with Gasteiger partial charge in [0.1, 0.15) is 6.04 Å². The maximum Gasteiger partial charge on any atom is 0.324 e. The van der Waals surface area contributed by atoms with Gasteiger partial charge in [-0.05, 0) is 20.3 Å². The van der Waals surface area contributed by atoms with Gasteiger partial charge >= 0.3 is 5.97 Å². The predicted octanol–water partition coefficient (Wildman–Crippen LogP) is 0.147. The summed E-state index contributed by atoms with van der Waals surface area (Å²) in [5.41, 5.74) is 3.14. The molecular formula is C8H16N2O2. The summed E-state index contributed by atoms with van der Waals surface area (Å²) >= 11 is 0. The molecule has 0 aliphatic carbocycles. The van der Waals surface area contributed by atoms with Crippen LogP contribution in [0.4, 0.5) is 0 Å². The summed E-state index contributed by atoms with van der Waals surface area (Å²) in [7, 11) is 1.87. The summed E-state index contributed by atoms with van der Waals surface area (Å²) in [5.74, 6) is -0.128. The van der Waals surface area contributed by atoms with Crippen molar-refractivity contribution >= 4 is 5.97 Å². The van der Waals surface area contributed by atoms with E-state index in [2.05, 4.69) is 12.3 Å². The molecule has 0 aromatic carbocycles. The molecule has 0 aromatic heterocycles. The number of nitrogens with one attached hydrogen (secondary N) is 1. The Hall–Kier alpha value is -0.610. The molecule has 1 N–H and O–H groups in total. The predicted molar refractivity (Wildman–Crippen MR) is 45.4 cm³/mol. The zero-order chi connectivity index (χ0) is 9.14. The maximum atomic E-state index is 11.3. The molecule has 1 saturated heterocycles. The molecule has 1 fully saturated rings. The smallest absolute Gasteiger partial charge is 0.324 e. The fourth-order valence-corrected chi connectivity index (χ4v) is 1.48. The van der Waals surface area contributed by atoms with Crippen LogP contribution in [0.15, 0.2) is 0 Å². The first kappa shape index (κ1) is 9.48. The summed E-state index contributed by atoms with van der Waals surface area (Å²) < 4.78 is 4.92. The molecule has 0 saturated carbocycles. The van der Waals surface area contributed by atoms with Crippen molar-refractivity contribution in [3.63, 3.8) is 0 Å². The van der Waals surface area contributed by atoms with E-state index in [4.69, 9.17) is 4.74 Å².